The van der Waals surface area contributed by atoms with Gasteiger partial charge in [-0.2, -0.15) is 0 Å². The molecule has 96 valence electrons. The Morgan fingerprint density at radius 1 is 1.39 bits per heavy atom. The zero-order valence-corrected chi connectivity index (χ0v) is 10.5. The molecule has 1 aliphatic heterocycles. The third-order valence-electron chi connectivity index (χ3n) is 3.17. The number of rotatable bonds is 2. The highest BCUT2D eigenvalue weighted by atomic mass is 16.2. The fourth-order valence-corrected chi connectivity index (χ4v) is 2.08. The third kappa shape index (κ3) is 2.45. The molecular formula is C13H17N3O2. The van der Waals surface area contributed by atoms with Crippen LogP contribution in [0.1, 0.15) is 27.9 Å². The molecule has 1 aromatic carbocycles. The molecule has 4 N–H and O–H groups in total. The summed E-state index contributed by atoms with van der Waals surface area (Å²) in [6.07, 6.45) is 0.339. The van der Waals surface area contributed by atoms with E-state index >= 15 is 0 Å². The van der Waals surface area contributed by atoms with E-state index in [-0.39, 0.29) is 17.9 Å². The van der Waals surface area contributed by atoms with Crippen LogP contribution in [0.5, 0.6) is 0 Å². The fraction of sp³-hybridized carbons (Fsp3) is 0.385. The van der Waals surface area contributed by atoms with Crippen LogP contribution >= 0.6 is 0 Å². The lowest BCUT2D eigenvalue weighted by atomic mass is 10.0. The maximum atomic E-state index is 12.1. The van der Waals surface area contributed by atoms with Crippen molar-refractivity contribution in [2.45, 2.75) is 26.3 Å². The summed E-state index contributed by atoms with van der Waals surface area (Å²) in [6, 6.07) is 3.44. The number of hydrogen-bond donors (Lipinski definition) is 3. The highest BCUT2D eigenvalue weighted by Gasteiger charge is 2.23. The van der Waals surface area contributed by atoms with Gasteiger partial charge < -0.3 is 16.4 Å². The van der Waals surface area contributed by atoms with Crippen LogP contribution < -0.4 is 16.4 Å². The van der Waals surface area contributed by atoms with Crippen LogP contribution in [-0.4, -0.2) is 24.4 Å². The Hall–Kier alpha value is -2.04. The first-order valence-corrected chi connectivity index (χ1v) is 5.91. The molecule has 1 saturated heterocycles. The monoisotopic (exact) mass is 247 g/mol. The number of aryl methyl sites for hydroxylation is 2. The maximum absolute atomic E-state index is 12.1. The van der Waals surface area contributed by atoms with Crippen LogP contribution in [-0.2, 0) is 4.79 Å². The molecule has 1 unspecified atom stereocenters. The zero-order chi connectivity index (χ0) is 13.3. The molecular weight excluding hydrogens is 230 g/mol. The van der Waals surface area contributed by atoms with Crippen molar-refractivity contribution in [2.75, 3.05) is 12.3 Å². The second-order valence-electron chi connectivity index (χ2n) is 4.70. The van der Waals surface area contributed by atoms with Gasteiger partial charge in [0.1, 0.15) is 0 Å². The molecule has 0 bridgehead atoms. The number of anilines is 1. The zero-order valence-electron chi connectivity index (χ0n) is 10.5. The van der Waals surface area contributed by atoms with Gasteiger partial charge in [0, 0.05) is 24.2 Å². The molecule has 5 heteroatoms. The Morgan fingerprint density at radius 3 is 2.72 bits per heavy atom. The van der Waals surface area contributed by atoms with Gasteiger partial charge in [-0.05, 0) is 31.0 Å². The fourth-order valence-electron chi connectivity index (χ4n) is 2.08. The topological polar surface area (TPSA) is 84.2 Å². The molecule has 2 amide bonds. The standard InChI is InChI=1S/C13H17N3O2/c1-7-3-8(2)11(14)5-10(7)13(18)16-9-4-12(17)15-6-9/h3,5,9H,4,6,14H2,1-2H3,(H,15,17)(H,16,18). The van der Waals surface area contributed by atoms with Crippen LogP contribution in [0.25, 0.3) is 0 Å². The van der Waals surface area contributed by atoms with Crippen molar-refractivity contribution in [1.29, 1.82) is 0 Å². The molecule has 1 fully saturated rings. The van der Waals surface area contributed by atoms with Crippen LogP contribution in [0.15, 0.2) is 12.1 Å². The highest BCUT2D eigenvalue weighted by Crippen LogP contribution is 2.18. The quantitative estimate of drug-likeness (QED) is 0.665. The van der Waals surface area contributed by atoms with Gasteiger partial charge in [0.05, 0.1) is 6.04 Å². The number of carbonyl (C=O) groups is 2. The first-order valence-electron chi connectivity index (χ1n) is 5.91. The van der Waals surface area contributed by atoms with Crippen LogP contribution in [0.4, 0.5) is 5.69 Å². The summed E-state index contributed by atoms with van der Waals surface area (Å²) in [5.41, 5.74) is 8.83. The molecule has 0 aliphatic carbocycles. The number of nitrogen functional groups attached to an aromatic ring is 1. The van der Waals surface area contributed by atoms with Gasteiger partial charge in [0.15, 0.2) is 0 Å². The van der Waals surface area contributed by atoms with Crippen LogP contribution in [0.3, 0.4) is 0 Å². The Kier molecular flexibility index (Phi) is 3.23. The van der Waals surface area contributed by atoms with Gasteiger partial charge in [-0.3, -0.25) is 9.59 Å². The minimum atomic E-state index is -0.180. The Bertz CT molecular complexity index is 511. The van der Waals surface area contributed by atoms with E-state index in [0.717, 1.165) is 11.1 Å². The summed E-state index contributed by atoms with van der Waals surface area (Å²) in [5.74, 6) is -0.207. The molecule has 1 heterocycles. The number of carbonyl (C=O) groups excluding carboxylic acids is 2. The summed E-state index contributed by atoms with van der Waals surface area (Å²) in [6.45, 7) is 4.27. The number of nitrogens with two attached hydrogens (primary N) is 1. The summed E-state index contributed by atoms with van der Waals surface area (Å²) < 4.78 is 0. The lowest BCUT2D eigenvalue weighted by Crippen LogP contribution is -2.36. The van der Waals surface area contributed by atoms with Gasteiger partial charge in [-0.1, -0.05) is 6.07 Å². The average Bonchev–Trinajstić information content (AvgIpc) is 2.69. The predicted octanol–water partition coefficient (Wildman–Crippen LogP) is 0.504. The Morgan fingerprint density at radius 2 is 2.11 bits per heavy atom. The SMILES string of the molecule is Cc1cc(C)c(C(=O)NC2CNC(=O)C2)cc1N. The smallest absolute Gasteiger partial charge is 0.251 e. The largest absolute Gasteiger partial charge is 0.398 e. The first-order chi connectivity index (χ1) is 8.47. The Labute approximate surface area is 106 Å². The highest BCUT2D eigenvalue weighted by molar-refractivity contribution is 5.97. The van der Waals surface area contributed by atoms with E-state index in [0.29, 0.717) is 24.2 Å². The van der Waals surface area contributed by atoms with E-state index in [2.05, 4.69) is 10.6 Å². The molecule has 0 spiro atoms. The second kappa shape index (κ2) is 4.68. The number of hydrogen-bond acceptors (Lipinski definition) is 3. The summed E-state index contributed by atoms with van der Waals surface area (Å²) >= 11 is 0. The molecule has 5 nitrogen and oxygen atoms in total. The van der Waals surface area contributed by atoms with Crippen molar-refractivity contribution < 1.29 is 9.59 Å². The Balaban J connectivity index is 2.14. The van der Waals surface area contributed by atoms with E-state index in [9.17, 15) is 9.59 Å². The third-order valence-corrected chi connectivity index (χ3v) is 3.17. The van der Waals surface area contributed by atoms with Gasteiger partial charge in [0.2, 0.25) is 5.91 Å². The normalized spacial score (nSPS) is 18.6. The molecule has 0 radical (unpaired) electrons. The molecule has 1 aromatic rings. The van der Waals surface area contributed by atoms with Crippen molar-refractivity contribution in [3.05, 3.63) is 28.8 Å². The van der Waals surface area contributed by atoms with Crippen molar-refractivity contribution >= 4 is 17.5 Å². The van der Waals surface area contributed by atoms with Crippen molar-refractivity contribution in [2.24, 2.45) is 0 Å². The van der Waals surface area contributed by atoms with Gasteiger partial charge >= 0.3 is 0 Å². The van der Waals surface area contributed by atoms with E-state index in [1.807, 2.05) is 19.9 Å². The predicted molar refractivity (Wildman–Crippen MR) is 69.2 cm³/mol. The molecule has 0 aromatic heterocycles. The molecule has 1 atom stereocenters. The van der Waals surface area contributed by atoms with Gasteiger partial charge in [-0.15, -0.1) is 0 Å². The lowest BCUT2D eigenvalue weighted by molar-refractivity contribution is -0.119. The van der Waals surface area contributed by atoms with Crippen LogP contribution in [0, 0.1) is 13.8 Å². The second-order valence-corrected chi connectivity index (χ2v) is 4.70. The van der Waals surface area contributed by atoms with Crippen molar-refractivity contribution in [1.82, 2.24) is 10.6 Å². The molecule has 1 aliphatic rings. The van der Waals surface area contributed by atoms with E-state index in [1.54, 1.807) is 6.07 Å². The summed E-state index contributed by atoms with van der Waals surface area (Å²) in [4.78, 5) is 23.1. The van der Waals surface area contributed by atoms with Gasteiger partial charge in [-0.25, -0.2) is 0 Å². The van der Waals surface area contributed by atoms with Crippen molar-refractivity contribution in [3.8, 4) is 0 Å². The molecule has 18 heavy (non-hydrogen) atoms. The summed E-state index contributed by atoms with van der Waals surface area (Å²) in [7, 11) is 0. The molecule has 2 rings (SSSR count). The number of benzene rings is 1. The molecule has 0 saturated carbocycles. The number of amides is 2. The average molecular weight is 247 g/mol. The van der Waals surface area contributed by atoms with Gasteiger partial charge in [0.25, 0.3) is 5.91 Å². The first kappa shape index (κ1) is 12.4. The minimum absolute atomic E-state index is 0.0274. The summed E-state index contributed by atoms with van der Waals surface area (Å²) in [5, 5.41) is 5.52. The van der Waals surface area contributed by atoms with E-state index < -0.39 is 0 Å². The number of nitrogens with one attached hydrogen (secondary N) is 2. The minimum Gasteiger partial charge on any atom is -0.398 e. The lowest BCUT2D eigenvalue weighted by Gasteiger charge is -2.13. The van der Waals surface area contributed by atoms with E-state index in [4.69, 9.17) is 5.73 Å². The van der Waals surface area contributed by atoms with Crippen molar-refractivity contribution in [3.63, 3.8) is 0 Å². The maximum Gasteiger partial charge on any atom is 0.251 e. The van der Waals surface area contributed by atoms with Crippen LogP contribution in [0.2, 0.25) is 0 Å². The van der Waals surface area contributed by atoms with E-state index in [1.165, 1.54) is 0 Å².